The molecule has 2 aromatic carbocycles. The van der Waals surface area contributed by atoms with E-state index in [2.05, 4.69) is 0 Å². The summed E-state index contributed by atoms with van der Waals surface area (Å²) in [6.45, 7) is 0. The molecule has 7 heteroatoms. The van der Waals surface area contributed by atoms with E-state index in [1.54, 1.807) is 12.1 Å². The summed E-state index contributed by atoms with van der Waals surface area (Å²) in [5.41, 5.74) is 0.657. The van der Waals surface area contributed by atoms with Crippen LogP contribution in [-0.4, -0.2) is 4.92 Å². The van der Waals surface area contributed by atoms with Gasteiger partial charge in [-0.05, 0) is 12.1 Å². The van der Waals surface area contributed by atoms with Crippen LogP contribution in [0.1, 0.15) is 0 Å². The second-order valence-corrected chi connectivity index (χ2v) is 5.24. The fourth-order valence-electron chi connectivity index (χ4n) is 1.62. The molecule has 0 saturated carbocycles. The van der Waals surface area contributed by atoms with Gasteiger partial charge < -0.3 is 0 Å². The van der Waals surface area contributed by atoms with Gasteiger partial charge in [0.05, 0.1) is 15.0 Å². The summed E-state index contributed by atoms with van der Waals surface area (Å²) in [6.07, 6.45) is 0. The predicted molar refractivity (Wildman–Crippen MR) is 78.6 cm³/mol. The van der Waals surface area contributed by atoms with Crippen LogP contribution in [0.15, 0.2) is 30.3 Å². The molecule has 19 heavy (non-hydrogen) atoms. The van der Waals surface area contributed by atoms with Crippen LogP contribution >= 0.6 is 46.4 Å². The SMILES string of the molecule is O=[N+]([O-])c1cccc(-c2cc(Cl)cc(Cl)c2Cl)c1Cl. The second kappa shape index (κ2) is 5.55. The van der Waals surface area contributed by atoms with E-state index in [9.17, 15) is 10.1 Å². The van der Waals surface area contributed by atoms with E-state index < -0.39 is 4.92 Å². The average molecular weight is 337 g/mol. The van der Waals surface area contributed by atoms with Gasteiger partial charge in [0.25, 0.3) is 5.69 Å². The van der Waals surface area contributed by atoms with E-state index >= 15 is 0 Å². The van der Waals surface area contributed by atoms with Crippen molar-refractivity contribution in [3.8, 4) is 11.1 Å². The van der Waals surface area contributed by atoms with Gasteiger partial charge >= 0.3 is 0 Å². The van der Waals surface area contributed by atoms with Gasteiger partial charge in [0.1, 0.15) is 5.02 Å². The molecular weight excluding hydrogens is 332 g/mol. The van der Waals surface area contributed by atoms with Crippen LogP contribution in [0.3, 0.4) is 0 Å². The molecule has 0 amide bonds. The van der Waals surface area contributed by atoms with E-state index in [0.717, 1.165) is 0 Å². The topological polar surface area (TPSA) is 43.1 Å². The summed E-state index contributed by atoms with van der Waals surface area (Å²) in [6, 6.07) is 7.49. The largest absolute Gasteiger partial charge is 0.288 e. The first-order valence-corrected chi connectivity index (χ1v) is 6.51. The molecular formula is C12H5Cl4NO2. The van der Waals surface area contributed by atoms with Crippen LogP contribution in [0.25, 0.3) is 11.1 Å². The highest BCUT2D eigenvalue weighted by atomic mass is 35.5. The maximum Gasteiger partial charge on any atom is 0.288 e. The minimum Gasteiger partial charge on any atom is -0.258 e. The Morgan fingerprint density at radius 1 is 0.947 bits per heavy atom. The predicted octanol–water partition coefficient (Wildman–Crippen LogP) is 5.88. The van der Waals surface area contributed by atoms with Gasteiger partial charge in [-0.25, -0.2) is 0 Å². The third-order valence-electron chi connectivity index (χ3n) is 2.46. The zero-order chi connectivity index (χ0) is 14.2. The lowest BCUT2D eigenvalue weighted by molar-refractivity contribution is -0.384. The number of benzene rings is 2. The van der Waals surface area contributed by atoms with E-state index in [1.165, 1.54) is 18.2 Å². The molecule has 2 rings (SSSR count). The Kier molecular flexibility index (Phi) is 4.21. The zero-order valence-electron chi connectivity index (χ0n) is 9.16. The molecule has 0 saturated heterocycles. The summed E-state index contributed by atoms with van der Waals surface area (Å²) in [4.78, 5) is 10.3. The molecule has 0 heterocycles. The van der Waals surface area contributed by atoms with E-state index in [4.69, 9.17) is 46.4 Å². The molecule has 2 aromatic rings. The molecule has 0 radical (unpaired) electrons. The smallest absolute Gasteiger partial charge is 0.258 e. The maximum atomic E-state index is 10.9. The minimum absolute atomic E-state index is 0.00673. The summed E-state index contributed by atoms with van der Waals surface area (Å²) in [7, 11) is 0. The highest BCUT2D eigenvalue weighted by Crippen LogP contribution is 2.41. The van der Waals surface area contributed by atoms with Crippen LogP contribution in [0, 0.1) is 10.1 Å². The van der Waals surface area contributed by atoms with Crippen molar-refractivity contribution in [2.75, 3.05) is 0 Å². The fourth-order valence-corrected chi connectivity index (χ4v) is 2.62. The lowest BCUT2D eigenvalue weighted by Crippen LogP contribution is -1.91. The van der Waals surface area contributed by atoms with Crippen molar-refractivity contribution < 1.29 is 4.92 Å². The third kappa shape index (κ3) is 2.79. The van der Waals surface area contributed by atoms with E-state index in [-0.39, 0.29) is 20.8 Å². The standard InChI is InChI=1S/C12H5Cl4NO2/c13-6-4-8(11(15)9(14)5-6)7-2-1-3-10(12(7)16)17(18)19/h1-5H. The van der Waals surface area contributed by atoms with E-state index in [0.29, 0.717) is 16.1 Å². The van der Waals surface area contributed by atoms with Crippen molar-refractivity contribution in [3.05, 3.63) is 60.5 Å². The summed E-state index contributed by atoms with van der Waals surface area (Å²) in [5.74, 6) is 0. The highest BCUT2D eigenvalue weighted by molar-refractivity contribution is 6.45. The lowest BCUT2D eigenvalue weighted by Gasteiger charge is -2.09. The molecule has 0 spiro atoms. The highest BCUT2D eigenvalue weighted by Gasteiger charge is 2.19. The summed E-state index contributed by atoms with van der Waals surface area (Å²) < 4.78 is 0. The molecule has 0 atom stereocenters. The number of nitrogens with zero attached hydrogens (tertiary/aromatic N) is 1. The van der Waals surface area contributed by atoms with Gasteiger partial charge in [0.15, 0.2) is 0 Å². The molecule has 0 aromatic heterocycles. The first-order chi connectivity index (χ1) is 8.91. The molecule has 0 N–H and O–H groups in total. The van der Waals surface area contributed by atoms with Crippen molar-refractivity contribution in [3.63, 3.8) is 0 Å². The van der Waals surface area contributed by atoms with Crippen molar-refractivity contribution in [2.24, 2.45) is 0 Å². The average Bonchev–Trinajstić information content (AvgIpc) is 2.34. The second-order valence-electron chi connectivity index (χ2n) is 3.64. The van der Waals surface area contributed by atoms with Crippen LogP contribution in [0.4, 0.5) is 5.69 Å². The van der Waals surface area contributed by atoms with Crippen LogP contribution in [0.5, 0.6) is 0 Å². The van der Waals surface area contributed by atoms with Gasteiger partial charge in [-0.2, -0.15) is 0 Å². The Morgan fingerprint density at radius 2 is 1.63 bits per heavy atom. The molecule has 0 aliphatic heterocycles. The Morgan fingerprint density at radius 3 is 2.26 bits per heavy atom. The van der Waals surface area contributed by atoms with Crippen molar-refractivity contribution >= 4 is 52.1 Å². The first-order valence-electron chi connectivity index (χ1n) is 4.99. The minimum atomic E-state index is -0.564. The number of nitro groups is 1. The monoisotopic (exact) mass is 335 g/mol. The Labute approximate surface area is 128 Å². The van der Waals surface area contributed by atoms with Crippen molar-refractivity contribution in [1.29, 1.82) is 0 Å². The van der Waals surface area contributed by atoms with Crippen LogP contribution in [-0.2, 0) is 0 Å². The molecule has 0 unspecified atom stereocenters. The van der Waals surface area contributed by atoms with E-state index in [1.807, 2.05) is 0 Å². The first kappa shape index (κ1) is 14.4. The van der Waals surface area contributed by atoms with Gasteiger partial charge in [-0.15, -0.1) is 0 Å². The molecule has 0 fully saturated rings. The van der Waals surface area contributed by atoms with Gasteiger partial charge in [-0.1, -0.05) is 58.5 Å². The number of hydrogen-bond acceptors (Lipinski definition) is 2. The number of hydrogen-bond donors (Lipinski definition) is 0. The quantitative estimate of drug-likeness (QED) is 0.390. The number of halogens is 4. The van der Waals surface area contributed by atoms with Crippen molar-refractivity contribution in [1.82, 2.24) is 0 Å². The van der Waals surface area contributed by atoms with Gasteiger partial charge in [0, 0.05) is 22.2 Å². The molecule has 0 aliphatic carbocycles. The van der Waals surface area contributed by atoms with Crippen LogP contribution < -0.4 is 0 Å². The number of rotatable bonds is 2. The Hall–Kier alpha value is -1.000. The van der Waals surface area contributed by atoms with Gasteiger partial charge in [-0.3, -0.25) is 10.1 Å². The fraction of sp³-hybridized carbons (Fsp3) is 0. The number of nitro benzene ring substituents is 1. The Balaban J connectivity index is 2.73. The molecule has 0 aliphatic rings. The normalized spacial score (nSPS) is 10.5. The third-order valence-corrected chi connectivity index (χ3v) is 3.88. The molecule has 0 bridgehead atoms. The van der Waals surface area contributed by atoms with Gasteiger partial charge in [0.2, 0.25) is 0 Å². The zero-order valence-corrected chi connectivity index (χ0v) is 12.2. The molecule has 98 valence electrons. The Bertz CT molecular complexity index is 673. The van der Waals surface area contributed by atoms with Crippen LogP contribution in [0.2, 0.25) is 20.1 Å². The summed E-state index contributed by atoms with van der Waals surface area (Å²) >= 11 is 23.9. The maximum absolute atomic E-state index is 10.9. The summed E-state index contributed by atoms with van der Waals surface area (Å²) in [5, 5.41) is 11.7. The lowest BCUT2D eigenvalue weighted by atomic mass is 10.0. The molecule has 3 nitrogen and oxygen atoms in total. The van der Waals surface area contributed by atoms with Crippen molar-refractivity contribution in [2.45, 2.75) is 0 Å².